The van der Waals surface area contributed by atoms with Crippen LogP contribution in [0.15, 0.2) is 22.7 Å². The molecular weight excluding hydrogens is 312 g/mol. The molecule has 1 aliphatic heterocycles. The molecule has 1 aliphatic rings. The maximum atomic E-state index is 12.1. The number of halogens is 1. The molecule has 2 rings (SSSR count). The molecule has 6 heteroatoms. The quantitative estimate of drug-likeness (QED) is 0.795. The summed E-state index contributed by atoms with van der Waals surface area (Å²) in [6, 6.07) is 5.05. The topological polar surface area (TPSA) is 49.9 Å². The summed E-state index contributed by atoms with van der Waals surface area (Å²) in [4.78, 5) is 27.0. The van der Waals surface area contributed by atoms with Crippen molar-refractivity contribution in [1.82, 2.24) is 9.80 Å². The van der Waals surface area contributed by atoms with Gasteiger partial charge >= 0.3 is 6.03 Å². The van der Waals surface area contributed by atoms with Crippen molar-refractivity contribution >= 4 is 27.7 Å². The number of amides is 2. The van der Waals surface area contributed by atoms with Crippen LogP contribution in [0.4, 0.5) is 4.79 Å². The molecule has 0 radical (unpaired) electrons. The van der Waals surface area contributed by atoms with Gasteiger partial charge in [0.1, 0.15) is 5.75 Å². The van der Waals surface area contributed by atoms with Gasteiger partial charge in [0.2, 0.25) is 0 Å². The first kappa shape index (κ1) is 13.9. The smallest absolute Gasteiger partial charge is 0.320 e. The van der Waals surface area contributed by atoms with Crippen LogP contribution in [0.3, 0.4) is 0 Å². The molecule has 0 spiro atoms. The molecule has 2 amide bonds. The molecule has 1 fully saturated rings. The molecule has 102 valence electrons. The van der Waals surface area contributed by atoms with Crippen LogP contribution in [0.2, 0.25) is 0 Å². The van der Waals surface area contributed by atoms with E-state index in [4.69, 9.17) is 4.74 Å². The van der Waals surface area contributed by atoms with Crippen molar-refractivity contribution in [2.75, 3.05) is 33.8 Å². The minimum absolute atomic E-state index is 0.0768. The molecule has 5 nitrogen and oxygen atoms in total. The van der Waals surface area contributed by atoms with E-state index in [1.807, 2.05) is 0 Å². The number of urea groups is 1. The van der Waals surface area contributed by atoms with E-state index >= 15 is 0 Å². The second kappa shape index (κ2) is 5.61. The van der Waals surface area contributed by atoms with Crippen LogP contribution in [-0.4, -0.2) is 55.4 Å². The van der Waals surface area contributed by atoms with Crippen molar-refractivity contribution in [2.24, 2.45) is 0 Å². The Kier molecular flexibility index (Phi) is 4.09. The van der Waals surface area contributed by atoms with Crippen molar-refractivity contribution in [3.05, 3.63) is 28.2 Å². The highest BCUT2D eigenvalue weighted by Gasteiger charge is 2.27. The number of nitrogens with zero attached hydrogens (tertiary/aromatic N) is 2. The summed E-state index contributed by atoms with van der Waals surface area (Å²) < 4.78 is 5.84. The second-order valence-electron chi connectivity index (χ2n) is 4.40. The summed E-state index contributed by atoms with van der Waals surface area (Å²) >= 11 is 3.34. The van der Waals surface area contributed by atoms with Gasteiger partial charge in [-0.1, -0.05) is 0 Å². The van der Waals surface area contributed by atoms with E-state index in [-0.39, 0.29) is 18.4 Å². The Morgan fingerprint density at radius 1 is 1.42 bits per heavy atom. The summed E-state index contributed by atoms with van der Waals surface area (Å²) in [7, 11) is 3.30. The highest BCUT2D eigenvalue weighted by atomic mass is 79.9. The minimum Gasteiger partial charge on any atom is -0.496 e. The number of carbonyl (C=O) groups excluding carboxylic acids is 2. The van der Waals surface area contributed by atoms with E-state index < -0.39 is 0 Å². The van der Waals surface area contributed by atoms with Gasteiger partial charge in [-0.2, -0.15) is 0 Å². The lowest BCUT2D eigenvalue weighted by Crippen LogP contribution is -2.33. The SMILES string of the molecule is COc1ccc(C(=O)CN2CCN(C)C2=O)cc1Br. The average molecular weight is 327 g/mol. The summed E-state index contributed by atoms with van der Waals surface area (Å²) in [6.07, 6.45) is 0. The number of methoxy groups -OCH3 is 1. The summed E-state index contributed by atoms with van der Waals surface area (Å²) in [5, 5.41) is 0. The Hall–Kier alpha value is -1.56. The van der Waals surface area contributed by atoms with Gasteiger partial charge < -0.3 is 14.5 Å². The minimum atomic E-state index is -0.0964. The first-order valence-electron chi connectivity index (χ1n) is 5.89. The highest BCUT2D eigenvalue weighted by molar-refractivity contribution is 9.10. The van der Waals surface area contributed by atoms with Crippen LogP contribution < -0.4 is 4.74 Å². The van der Waals surface area contributed by atoms with Gasteiger partial charge in [0.15, 0.2) is 5.78 Å². The van der Waals surface area contributed by atoms with Crippen molar-refractivity contribution in [3.63, 3.8) is 0 Å². The maximum Gasteiger partial charge on any atom is 0.320 e. The monoisotopic (exact) mass is 326 g/mol. The summed E-state index contributed by atoms with van der Waals surface area (Å²) in [6.45, 7) is 1.37. The largest absolute Gasteiger partial charge is 0.496 e. The van der Waals surface area contributed by atoms with E-state index in [1.165, 1.54) is 0 Å². The van der Waals surface area contributed by atoms with Gasteiger partial charge in [-0.05, 0) is 34.1 Å². The number of likely N-dealkylation sites (N-methyl/N-ethyl adjacent to an activating group) is 1. The molecule has 1 heterocycles. The average Bonchev–Trinajstić information content (AvgIpc) is 2.70. The number of rotatable bonds is 4. The molecule has 1 aromatic rings. The fourth-order valence-electron chi connectivity index (χ4n) is 1.95. The number of carbonyl (C=O) groups is 2. The van der Waals surface area contributed by atoms with Crippen LogP contribution in [0.5, 0.6) is 5.75 Å². The van der Waals surface area contributed by atoms with E-state index in [0.29, 0.717) is 24.4 Å². The molecule has 0 N–H and O–H groups in total. The third-order valence-electron chi connectivity index (χ3n) is 3.11. The van der Waals surface area contributed by atoms with Crippen LogP contribution in [0.1, 0.15) is 10.4 Å². The molecule has 0 aliphatic carbocycles. The molecule has 0 saturated carbocycles. The zero-order chi connectivity index (χ0) is 14.0. The number of Topliss-reactive ketones (excluding diaryl/α,β-unsaturated/α-hetero) is 1. The van der Waals surface area contributed by atoms with Crippen molar-refractivity contribution < 1.29 is 14.3 Å². The first-order valence-corrected chi connectivity index (χ1v) is 6.69. The van der Waals surface area contributed by atoms with Crippen LogP contribution in [0, 0.1) is 0 Å². The Morgan fingerprint density at radius 2 is 2.16 bits per heavy atom. The lowest BCUT2D eigenvalue weighted by molar-refractivity contribution is 0.0952. The van der Waals surface area contributed by atoms with Gasteiger partial charge in [-0.15, -0.1) is 0 Å². The van der Waals surface area contributed by atoms with Gasteiger partial charge in [-0.3, -0.25) is 4.79 Å². The highest BCUT2D eigenvalue weighted by Crippen LogP contribution is 2.25. The van der Waals surface area contributed by atoms with E-state index in [1.54, 1.807) is 42.2 Å². The number of ketones is 1. The lowest BCUT2D eigenvalue weighted by Gasteiger charge is -2.15. The van der Waals surface area contributed by atoms with Gasteiger partial charge in [0.05, 0.1) is 18.1 Å². The third kappa shape index (κ3) is 2.89. The first-order chi connectivity index (χ1) is 9.02. The molecule has 19 heavy (non-hydrogen) atoms. The zero-order valence-corrected chi connectivity index (χ0v) is 12.4. The standard InChI is InChI=1S/C13H15BrN2O3/c1-15-5-6-16(13(15)18)8-11(17)9-3-4-12(19-2)10(14)7-9/h3-4,7H,5-6,8H2,1-2H3. The predicted octanol–water partition coefficient (Wildman–Crippen LogP) is 2.01. The fraction of sp³-hybridized carbons (Fsp3) is 0.385. The Morgan fingerprint density at radius 3 is 2.68 bits per heavy atom. The second-order valence-corrected chi connectivity index (χ2v) is 5.25. The third-order valence-corrected chi connectivity index (χ3v) is 3.73. The zero-order valence-electron chi connectivity index (χ0n) is 10.9. The molecule has 1 aromatic carbocycles. The van der Waals surface area contributed by atoms with E-state index in [9.17, 15) is 9.59 Å². The van der Waals surface area contributed by atoms with Gasteiger partial charge in [0, 0.05) is 25.7 Å². The summed E-state index contributed by atoms with van der Waals surface area (Å²) in [5.41, 5.74) is 0.565. The molecule has 0 bridgehead atoms. The maximum absolute atomic E-state index is 12.1. The van der Waals surface area contributed by atoms with Crippen molar-refractivity contribution in [3.8, 4) is 5.75 Å². The van der Waals surface area contributed by atoms with Crippen molar-refractivity contribution in [2.45, 2.75) is 0 Å². The van der Waals surface area contributed by atoms with E-state index in [0.717, 1.165) is 4.47 Å². The lowest BCUT2D eigenvalue weighted by atomic mass is 10.1. The van der Waals surface area contributed by atoms with Gasteiger partial charge in [0.25, 0.3) is 0 Å². The number of benzene rings is 1. The molecule has 0 aromatic heterocycles. The van der Waals surface area contributed by atoms with Crippen LogP contribution >= 0.6 is 15.9 Å². The number of ether oxygens (including phenoxy) is 1. The number of hydrogen-bond donors (Lipinski definition) is 0. The Bertz CT molecular complexity index is 519. The van der Waals surface area contributed by atoms with E-state index in [2.05, 4.69) is 15.9 Å². The molecular formula is C13H15BrN2O3. The van der Waals surface area contributed by atoms with Crippen molar-refractivity contribution in [1.29, 1.82) is 0 Å². The predicted molar refractivity (Wildman–Crippen MR) is 74.6 cm³/mol. The molecule has 0 atom stereocenters. The fourth-order valence-corrected chi connectivity index (χ4v) is 2.50. The number of hydrogen-bond acceptors (Lipinski definition) is 3. The Balaban J connectivity index is 2.08. The van der Waals surface area contributed by atoms with Crippen LogP contribution in [-0.2, 0) is 0 Å². The van der Waals surface area contributed by atoms with Gasteiger partial charge in [-0.25, -0.2) is 4.79 Å². The summed E-state index contributed by atoms with van der Waals surface area (Å²) in [5.74, 6) is 0.598. The molecule has 0 unspecified atom stereocenters. The van der Waals surface area contributed by atoms with Crippen LogP contribution in [0.25, 0.3) is 0 Å². The normalized spacial score (nSPS) is 15.0. The molecule has 1 saturated heterocycles. The Labute approximate surface area is 120 Å².